The maximum atomic E-state index is 12.8. The van der Waals surface area contributed by atoms with E-state index in [4.69, 9.17) is 14.2 Å². The molecule has 2 aromatic rings. The topological polar surface area (TPSA) is 78.7 Å². The van der Waals surface area contributed by atoms with Gasteiger partial charge in [-0.25, -0.2) is 0 Å². The maximum Gasteiger partial charge on any atom is 0.253 e. The van der Waals surface area contributed by atoms with E-state index in [1.54, 1.807) is 13.2 Å². The van der Waals surface area contributed by atoms with Gasteiger partial charge in [0.2, 0.25) is 0 Å². The molecule has 144 valence electrons. The normalized spacial score (nSPS) is 17.1. The van der Waals surface area contributed by atoms with E-state index in [0.717, 1.165) is 38.2 Å². The van der Waals surface area contributed by atoms with Crippen molar-refractivity contribution in [3.8, 4) is 11.5 Å². The molecule has 1 amide bonds. The van der Waals surface area contributed by atoms with Gasteiger partial charge in [-0.05, 0) is 37.0 Å². The smallest absolute Gasteiger partial charge is 0.253 e. The SMILES string of the molecule is COCc1cn(CC2CCN(C(=O)c3ccc4c(c3)OCCO4)CC2)nn1. The number of ether oxygens (including phenoxy) is 3. The first-order chi connectivity index (χ1) is 13.2. The quantitative estimate of drug-likeness (QED) is 0.796. The van der Waals surface area contributed by atoms with Gasteiger partial charge in [-0.15, -0.1) is 5.10 Å². The zero-order valence-corrected chi connectivity index (χ0v) is 15.5. The number of likely N-dealkylation sites (tertiary alicyclic amines) is 1. The lowest BCUT2D eigenvalue weighted by Gasteiger charge is -2.32. The first-order valence-corrected chi connectivity index (χ1v) is 9.30. The number of hydrogen-bond donors (Lipinski definition) is 0. The van der Waals surface area contributed by atoms with E-state index in [1.165, 1.54) is 0 Å². The molecule has 8 nitrogen and oxygen atoms in total. The summed E-state index contributed by atoms with van der Waals surface area (Å²) in [6, 6.07) is 5.42. The van der Waals surface area contributed by atoms with E-state index in [0.29, 0.717) is 42.8 Å². The van der Waals surface area contributed by atoms with Crippen molar-refractivity contribution < 1.29 is 19.0 Å². The summed E-state index contributed by atoms with van der Waals surface area (Å²) < 4.78 is 18.0. The predicted octanol–water partition coefficient (Wildman–Crippen LogP) is 1.75. The van der Waals surface area contributed by atoms with E-state index in [9.17, 15) is 4.79 Å². The molecule has 0 bridgehead atoms. The minimum Gasteiger partial charge on any atom is -0.486 e. The summed E-state index contributed by atoms with van der Waals surface area (Å²) in [5.74, 6) is 1.90. The van der Waals surface area contributed by atoms with Gasteiger partial charge in [0.05, 0.1) is 12.8 Å². The number of piperidine rings is 1. The molecular formula is C19H24N4O4. The molecule has 4 rings (SSSR count). The molecule has 8 heteroatoms. The predicted molar refractivity (Wildman–Crippen MR) is 96.8 cm³/mol. The largest absolute Gasteiger partial charge is 0.486 e. The number of rotatable bonds is 5. The Kier molecular flexibility index (Phi) is 5.24. The van der Waals surface area contributed by atoms with E-state index in [1.807, 2.05) is 27.9 Å². The summed E-state index contributed by atoms with van der Waals surface area (Å²) in [6.45, 7) is 3.86. The standard InChI is InChI=1S/C19H24N4O4/c1-25-13-16-12-23(21-20-16)11-14-4-6-22(7-5-14)19(24)15-2-3-17-18(10-15)27-9-8-26-17/h2-3,10,12,14H,4-9,11,13H2,1H3. The molecule has 2 aliphatic heterocycles. The molecule has 0 atom stereocenters. The zero-order valence-electron chi connectivity index (χ0n) is 15.5. The number of hydrogen-bond acceptors (Lipinski definition) is 6. The monoisotopic (exact) mass is 372 g/mol. The number of carbonyl (C=O) groups is 1. The third kappa shape index (κ3) is 4.05. The summed E-state index contributed by atoms with van der Waals surface area (Å²) in [4.78, 5) is 14.7. The van der Waals surface area contributed by atoms with Crippen molar-refractivity contribution in [2.24, 2.45) is 5.92 Å². The highest BCUT2D eigenvalue weighted by atomic mass is 16.6. The van der Waals surface area contributed by atoms with Crippen molar-refractivity contribution in [3.05, 3.63) is 35.7 Å². The molecule has 0 unspecified atom stereocenters. The van der Waals surface area contributed by atoms with Crippen molar-refractivity contribution in [2.45, 2.75) is 26.0 Å². The highest BCUT2D eigenvalue weighted by Gasteiger charge is 2.25. The van der Waals surface area contributed by atoms with Crippen molar-refractivity contribution in [1.82, 2.24) is 19.9 Å². The number of amides is 1. The number of benzene rings is 1. The van der Waals surface area contributed by atoms with Gasteiger partial charge in [0.15, 0.2) is 11.5 Å². The summed E-state index contributed by atoms with van der Waals surface area (Å²) >= 11 is 0. The van der Waals surface area contributed by atoms with E-state index < -0.39 is 0 Å². The van der Waals surface area contributed by atoms with E-state index in [2.05, 4.69) is 10.3 Å². The Morgan fingerprint density at radius 1 is 1.22 bits per heavy atom. The van der Waals surface area contributed by atoms with Crippen LogP contribution in [0, 0.1) is 5.92 Å². The minimum atomic E-state index is 0.0496. The number of nitrogens with zero attached hydrogens (tertiary/aromatic N) is 4. The highest BCUT2D eigenvalue weighted by molar-refractivity contribution is 5.95. The second-order valence-electron chi connectivity index (χ2n) is 6.96. The molecule has 0 aliphatic carbocycles. The van der Waals surface area contributed by atoms with Crippen molar-refractivity contribution in [1.29, 1.82) is 0 Å². The molecule has 0 N–H and O–H groups in total. The Balaban J connectivity index is 1.32. The second-order valence-corrected chi connectivity index (χ2v) is 6.96. The molecule has 1 fully saturated rings. The van der Waals surface area contributed by atoms with Crippen LogP contribution >= 0.6 is 0 Å². The number of carbonyl (C=O) groups excluding carboxylic acids is 1. The molecular weight excluding hydrogens is 348 g/mol. The van der Waals surface area contributed by atoms with Crippen LogP contribution in [0.3, 0.4) is 0 Å². The minimum absolute atomic E-state index is 0.0496. The third-order valence-electron chi connectivity index (χ3n) is 5.01. The molecule has 2 aliphatic rings. The fraction of sp³-hybridized carbons (Fsp3) is 0.526. The molecule has 27 heavy (non-hydrogen) atoms. The van der Waals surface area contributed by atoms with Gasteiger partial charge in [0.25, 0.3) is 5.91 Å². The number of fused-ring (bicyclic) bond motifs is 1. The molecule has 1 aromatic heterocycles. The molecule has 0 spiro atoms. The lowest BCUT2D eigenvalue weighted by molar-refractivity contribution is 0.0680. The number of methoxy groups -OCH3 is 1. The van der Waals surface area contributed by atoms with Crippen LogP contribution in [0.25, 0.3) is 0 Å². The summed E-state index contributed by atoms with van der Waals surface area (Å²) in [7, 11) is 1.65. The van der Waals surface area contributed by atoms with Gasteiger partial charge in [-0.1, -0.05) is 5.21 Å². The van der Waals surface area contributed by atoms with Crippen LogP contribution in [0.4, 0.5) is 0 Å². The maximum absolute atomic E-state index is 12.8. The van der Waals surface area contributed by atoms with Crippen LogP contribution in [0.15, 0.2) is 24.4 Å². The van der Waals surface area contributed by atoms with Gasteiger partial charge in [0, 0.05) is 32.3 Å². The Labute approximate surface area is 158 Å². The van der Waals surface area contributed by atoms with Gasteiger partial charge < -0.3 is 19.1 Å². The Hall–Kier alpha value is -2.61. The van der Waals surface area contributed by atoms with Crippen LogP contribution < -0.4 is 9.47 Å². The molecule has 0 radical (unpaired) electrons. The average molecular weight is 372 g/mol. The zero-order chi connectivity index (χ0) is 18.6. The van der Waals surface area contributed by atoms with Gasteiger partial charge in [-0.2, -0.15) is 0 Å². The van der Waals surface area contributed by atoms with Crippen LogP contribution in [0.1, 0.15) is 28.9 Å². The van der Waals surface area contributed by atoms with Crippen molar-refractivity contribution in [3.63, 3.8) is 0 Å². The van der Waals surface area contributed by atoms with Crippen molar-refractivity contribution >= 4 is 5.91 Å². The molecule has 0 saturated carbocycles. The number of aromatic nitrogens is 3. The Bertz CT molecular complexity index is 799. The van der Waals surface area contributed by atoms with Gasteiger partial charge >= 0.3 is 0 Å². The van der Waals surface area contributed by atoms with Crippen LogP contribution in [-0.2, 0) is 17.9 Å². The van der Waals surface area contributed by atoms with E-state index >= 15 is 0 Å². The summed E-state index contributed by atoms with van der Waals surface area (Å²) in [5, 5.41) is 8.24. The second kappa shape index (κ2) is 7.96. The lowest BCUT2D eigenvalue weighted by Crippen LogP contribution is -2.39. The Morgan fingerprint density at radius 2 is 2.00 bits per heavy atom. The van der Waals surface area contributed by atoms with E-state index in [-0.39, 0.29) is 5.91 Å². The fourth-order valence-corrected chi connectivity index (χ4v) is 3.58. The van der Waals surface area contributed by atoms with Crippen LogP contribution in [-0.4, -0.2) is 59.2 Å². The fourth-order valence-electron chi connectivity index (χ4n) is 3.58. The first kappa shape index (κ1) is 17.8. The summed E-state index contributed by atoms with van der Waals surface area (Å²) in [6.07, 6.45) is 3.84. The van der Waals surface area contributed by atoms with Crippen LogP contribution in [0.5, 0.6) is 11.5 Å². The van der Waals surface area contributed by atoms with Gasteiger partial charge in [-0.3, -0.25) is 9.48 Å². The first-order valence-electron chi connectivity index (χ1n) is 9.30. The highest BCUT2D eigenvalue weighted by Crippen LogP contribution is 2.31. The third-order valence-corrected chi connectivity index (χ3v) is 5.01. The average Bonchev–Trinajstić information content (AvgIpc) is 3.15. The van der Waals surface area contributed by atoms with Crippen LogP contribution in [0.2, 0.25) is 0 Å². The molecule has 1 aromatic carbocycles. The van der Waals surface area contributed by atoms with Crippen molar-refractivity contribution in [2.75, 3.05) is 33.4 Å². The van der Waals surface area contributed by atoms with Gasteiger partial charge in [0.1, 0.15) is 18.9 Å². The lowest BCUT2D eigenvalue weighted by atomic mass is 9.96. The molecule has 1 saturated heterocycles. The Morgan fingerprint density at radius 3 is 2.78 bits per heavy atom. The molecule has 3 heterocycles. The summed E-state index contributed by atoms with van der Waals surface area (Å²) in [5.41, 5.74) is 1.49.